The van der Waals surface area contributed by atoms with Gasteiger partial charge >= 0.3 is 5.63 Å². The smallest absolute Gasteiger partial charge is 0.347 e. The number of phenols is 1. The fourth-order valence-corrected chi connectivity index (χ4v) is 3.55. The van der Waals surface area contributed by atoms with Gasteiger partial charge in [-0.25, -0.2) is 9.78 Å². The highest BCUT2D eigenvalue weighted by Gasteiger charge is 2.16. The van der Waals surface area contributed by atoms with Crippen molar-refractivity contribution in [2.45, 2.75) is 39.0 Å². The third kappa shape index (κ3) is 4.36. The number of nitrogens with zero attached hydrogens (tertiary/aromatic N) is 3. The molecular weight excluding hydrogens is 412 g/mol. The number of non-ortho nitro benzene ring substituents is 1. The average Bonchev–Trinajstić information content (AvgIpc) is 3.27. The van der Waals surface area contributed by atoms with Crippen molar-refractivity contribution in [2.24, 2.45) is 0 Å². The van der Waals surface area contributed by atoms with E-state index in [1.807, 2.05) is 6.07 Å². The molecule has 0 saturated heterocycles. The lowest BCUT2D eigenvalue weighted by Gasteiger charge is -2.07. The molecule has 164 valence electrons. The summed E-state index contributed by atoms with van der Waals surface area (Å²) < 4.78 is 5.40. The Labute approximate surface area is 182 Å². The molecule has 9 nitrogen and oxygen atoms in total. The second kappa shape index (κ2) is 9.01. The molecule has 32 heavy (non-hydrogen) atoms. The standard InChI is InChI=1S/C23H22N4O5/c1-2-3-4-5-6-15-11-16-12-18(23(29)32-20(16)13-19(15)28)22-24-21(25-26-22)14-7-9-17(10-8-14)27(30)31/h7-13,28H,2-6H2,1H3,(H,24,25,26). The minimum absolute atomic E-state index is 0.0339. The van der Waals surface area contributed by atoms with Crippen molar-refractivity contribution in [2.75, 3.05) is 0 Å². The molecule has 0 aliphatic rings. The number of aromatic nitrogens is 3. The maximum Gasteiger partial charge on any atom is 0.347 e. The molecule has 0 aliphatic carbocycles. The lowest BCUT2D eigenvalue weighted by Crippen LogP contribution is -2.04. The minimum atomic E-state index is -0.612. The van der Waals surface area contributed by atoms with Crippen LogP contribution in [0.3, 0.4) is 0 Å². The van der Waals surface area contributed by atoms with Gasteiger partial charge in [0.1, 0.15) is 16.9 Å². The lowest BCUT2D eigenvalue weighted by atomic mass is 10.0. The number of nitro benzene ring substituents is 1. The molecule has 0 spiro atoms. The third-order valence-corrected chi connectivity index (χ3v) is 5.31. The number of aromatic hydroxyl groups is 1. The van der Waals surface area contributed by atoms with Gasteiger partial charge in [-0.2, -0.15) is 5.10 Å². The van der Waals surface area contributed by atoms with Gasteiger partial charge in [-0.05, 0) is 42.7 Å². The van der Waals surface area contributed by atoms with Gasteiger partial charge in [-0.15, -0.1) is 0 Å². The molecule has 0 atom stereocenters. The van der Waals surface area contributed by atoms with Gasteiger partial charge in [0.05, 0.1) is 4.92 Å². The highest BCUT2D eigenvalue weighted by molar-refractivity contribution is 5.83. The highest BCUT2D eigenvalue weighted by atomic mass is 16.6. The number of hydrogen-bond acceptors (Lipinski definition) is 7. The van der Waals surface area contributed by atoms with Crippen LogP contribution >= 0.6 is 0 Å². The van der Waals surface area contributed by atoms with Crippen molar-refractivity contribution in [3.05, 3.63) is 68.6 Å². The van der Waals surface area contributed by atoms with Crippen LogP contribution in [0.15, 0.2) is 51.7 Å². The summed E-state index contributed by atoms with van der Waals surface area (Å²) >= 11 is 0. The van der Waals surface area contributed by atoms with Gasteiger partial charge in [-0.3, -0.25) is 15.2 Å². The summed E-state index contributed by atoms with van der Waals surface area (Å²) in [7, 11) is 0. The first-order valence-corrected chi connectivity index (χ1v) is 10.4. The van der Waals surface area contributed by atoms with Crippen LogP contribution in [0.1, 0.15) is 38.2 Å². The Bertz CT molecular complexity index is 1320. The fraction of sp³-hybridized carbons (Fsp3) is 0.261. The zero-order valence-electron chi connectivity index (χ0n) is 17.5. The summed E-state index contributed by atoms with van der Waals surface area (Å²) in [4.78, 5) is 27.2. The zero-order chi connectivity index (χ0) is 22.7. The van der Waals surface area contributed by atoms with Crippen LogP contribution < -0.4 is 5.63 Å². The number of aromatic amines is 1. The number of nitrogens with one attached hydrogen (secondary N) is 1. The number of aryl methyl sites for hydroxylation is 1. The maximum atomic E-state index is 12.5. The van der Waals surface area contributed by atoms with E-state index in [9.17, 15) is 20.0 Å². The molecule has 0 amide bonds. The van der Waals surface area contributed by atoms with E-state index < -0.39 is 10.5 Å². The minimum Gasteiger partial charge on any atom is -0.508 e. The molecule has 0 fully saturated rings. The predicted molar refractivity (Wildman–Crippen MR) is 119 cm³/mol. The largest absolute Gasteiger partial charge is 0.508 e. The van der Waals surface area contributed by atoms with E-state index in [4.69, 9.17) is 4.42 Å². The summed E-state index contributed by atoms with van der Waals surface area (Å²) in [5, 5.41) is 28.6. The summed E-state index contributed by atoms with van der Waals surface area (Å²) in [5.74, 6) is 0.647. The summed E-state index contributed by atoms with van der Waals surface area (Å²) in [6.45, 7) is 2.15. The molecule has 2 N–H and O–H groups in total. The normalized spacial score (nSPS) is 11.2. The molecule has 2 aromatic carbocycles. The second-order valence-corrected chi connectivity index (χ2v) is 7.59. The Morgan fingerprint density at radius 1 is 1.12 bits per heavy atom. The number of rotatable bonds is 8. The molecule has 0 unspecified atom stereocenters. The zero-order valence-corrected chi connectivity index (χ0v) is 17.5. The Balaban J connectivity index is 1.65. The molecular formula is C23H22N4O5. The van der Waals surface area contributed by atoms with Crippen LogP contribution in [-0.4, -0.2) is 25.2 Å². The van der Waals surface area contributed by atoms with Gasteiger partial charge in [0, 0.05) is 29.1 Å². The van der Waals surface area contributed by atoms with E-state index in [0.29, 0.717) is 22.4 Å². The fourth-order valence-electron chi connectivity index (χ4n) is 3.55. The van der Waals surface area contributed by atoms with Crippen LogP contribution in [0.4, 0.5) is 5.69 Å². The monoisotopic (exact) mass is 434 g/mol. The quantitative estimate of drug-likeness (QED) is 0.173. The second-order valence-electron chi connectivity index (χ2n) is 7.59. The average molecular weight is 434 g/mol. The van der Waals surface area contributed by atoms with Gasteiger partial charge in [0.2, 0.25) is 0 Å². The molecule has 0 aliphatic heterocycles. The van der Waals surface area contributed by atoms with Crippen LogP contribution in [0.5, 0.6) is 5.75 Å². The van der Waals surface area contributed by atoms with Crippen molar-refractivity contribution in [1.29, 1.82) is 0 Å². The first-order chi connectivity index (χ1) is 15.5. The number of hydrogen-bond donors (Lipinski definition) is 2. The van der Waals surface area contributed by atoms with E-state index in [0.717, 1.165) is 37.7 Å². The lowest BCUT2D eigenvalue weighted by molar-refractivity contribution is -0.384. The molecule has 9 heteroatoms. The number of H-pyrrole nitrogens is 1. The molecule has 0 bridgehead atoms. The van der Waals surface area contributed by atoms with E-state index >= 15 is 0 Å². The maximum absolute atomic E-state index is 12.5. The van der Waals surface area contributed by atoms with Crippen molar-refractivity contribution < 1.29 is 14.4 Å². The molecule has 4 rings (SSSR count). The molecule has 2 aromatic heterocycles. The van der Waals surface area contributed by atoms with Crippen LogP contribution in [0.2, 0.25) is 0 Å². The van der Waals surface area contributed by atoms with Crippen LogP contribution in [0.25, 0.3) is 33.7 Å². The molecule has 2 heterocycles. The summed E-state index contributed by atoms with van der Waals surface area (Å²) in [6.07, 6.45) is 5.08. The van der Waals surface area contributed by atoms with Crippen LogP contribution in [0, 0.1) is 10.1 Å². The van der Waals surface area contributed by atoms with Crippen molar-refractivity contribution in [3.8, 4) is 28.5 Å². The number of unbranched alkanes of at least 4 members (excludes halogenated alkanes) is 3. The number of benzene rings is 2. The van der Waals surface area contributed by atoms with Gasteiger partial charge in [0.25, 0.3) is 5.69 Å². The Morgan fingerprint density at radius 3 is 2.62 bits per heavy atom. The first-order valence-electron chi connectivity index (χ1n) is 10.4. The van der Waals surface area contributed by atoms with Crippen LogP contribution in [-0.2, 0) is 6.42 Å². The Hall–Kier alpha value is -4.01. The summed E-state index contributed by atoms with van der Waals surface area (Å²) in [6, 6.07) is 10.8. The number of nitro groups is 1. The first kappa shape index (κ1) is 21.2. The van der Waals surface area contributed by atoms with Crippen molar-refractivity contribution in [3.63, 3.8) is 0 Å². The highest BCUT2D eigenvalue weighted by Crippen LogP contribution is 2.28. The van der Waals surface area contributed by atoms with Crippen molar-refractivity contribution in [1.82, 2.24) is 15.2 Å². The van der Waals surface area contributed by atoms with E-state index in [1.165, 1.54) is 18.2 Å². The van der Waals surface area contributed by atoms with E-state index in [1.54, 1.807) is 18.2 Å². The number of fused-ring (bicyclic) bond motifs is 1. The molecule has 4 aromatic rings. The van der Waals surface area contributed by atoms with Gasteiger partial charge < -0.3 is 9.52 Å². The number of phenolic OH excluding ortho intramolecular Hbond substituents is 1. The summed E-state index contributed by atoms with van der Waals surface area (Å²) in [5.41, 5.74) is 1.23. The predicted octanol–water partition coefficient (Wildman–Crippen LogP) is 4.98. The van der Waals surface area contributed by atoms with Crippen molar-refractivity contribution >= 4 is 16.7 Å². The van der Waals surface area contributed by atoms with E-state index in [-0.39, 0.29) is 22.8 Å². The third-order valence-electron chi connectivity index (χ3n) is 5.31. The SMILES string of the molecule is CCCCCCc1cc2cc(-c3nc(-c4ccc([N+](=O)[O-])cc4)n[nH]3)c(=O)oc2cc1O. The van der Waals surface area contributed by atoms with Gasteiger partial charge in [0.15, 0.2) is 11.6 Å². The van der Waals surface area contributed by atoms with Gasteiger partial charge in [-0.1, -0.05) is 26.2 Å². The molecule has 0 radical (unpaired) electrons. The topological polar surface area (TPSA) is 135 Å². The molecule has 0 saturated carbocycles. The Kier molecular flexibility index (Phi) is 5.98. The van der Waals surface area contributed by atoms with E-state index in [2.05, 4.69) is 22.1 Å². The Morgan fingerprint density at radius 2 is 1.91 bits per heavy atom.